The quantitative estimate of drug-likeness (QED) is 0.539. The monoisotopic (exact) mass is 387 g/mol. The molecule has 7 heteroatoms. The summed E-state index contributed by atoms with van der Waals surface area (Å²) in [7, 11) is 1.62. The van der Waals surface area contributed by atoms with E-state index in [1.807, 2.05) is 20.8 Å². The summed E-state index contributed by atoms with van der Waals surface area (Å²) < 4.78 is 2.66. The number of fused-ring (bicyclic) bond motifs is 1. The molecule has 0 saturated heterocycles. The molecule has 0 saturated carbocycles. The highest BCUT2D eigenvalue weighted by atomic mass is 16.2. The average Bonchev–Trinajstić information content (AvgIpc) is 2.71. The van der Waals surface area contributed by atoms with Gasteiger partial charge in [0.15, 0.2) is 11.5 Å². The molecule has 0 bridgehead atoms. The van der Waals surface area contributed by atoms with Crippen LogP contribution in [0.3, 0.4) is 0 Å². The molecule has 0 atom stereocenters. The summed E-state index contributed by atoms with van der Waals surface area (Å²) in [6.45, 7) is 6.24. The van der Waals surface area contributed by atoms with Crippen molar-refractivity contribution in [2.45, 2.75) is 27.3 Å². The van der Waals surface area contributed by atoms with Gasteiger partial charge in [-0.2, -0.15) is 0 Å². The van der Waals surface area contributed by atoms with E-state index in [1.54, 1.807) is 31.6 Å². The Labute approximate surface area is 167 Å². The Hall–Kier alpha value is -3.61. The fourth-order valence-corrected chi connectivity index (χ4v) is 3.68. The van der Waals surface area contributed by atoms with Gasteiger partial charge in [0, 0.05) is 31.2 Å². The Bertz CT molecular complexity index is 1330. The van der Waals surface area contributed by atoms with Crippen LogP contribution in [-0.2, 0) is 13.6 Å². The number of pyridine rings is 1. The maximum atomic E-state index is 13.1. The zero-order valence-corrected chi connectivity index (χ0v) is 16.8. The van der Waals surface area contributed by atoms with Crippen molar-refractivity contribution in [3.63, 3.8) is 0 Å². The normalized spacial score (nSPS) is 11.2. The van der Waals surface area contributed by atoms with Crippen LogP contribution in [0.1, 0.15) is 22.3 Å². The van der Waals surface area contributed by atoms with E-state index in [0.717, 1.165) is 27.8 Å². The van der Waals surface area contributed by atoms with Gasteiger partial charge in [-0.05, 0) is 49.6 Å². The lowest BCUT2D eigenvalue weighted by Gasteiger charge is -2.14. The Morgan fingerprint density at radius 2 is 1.66 bits per heavy atom. The molecule has 0 aliphatic carbocycles. The number of aromatic nitrogens is 5. The first-order chi connectivity index (χ1) is 13.9. The van der Waals surface area contributed by atoms with Gasteiger partial charge in [0.05, 0.1) is 6.54 Å². The summed E-state index contributed by atoms with van der Waals surface area (Å²) in [5, 5.41) is 0.312. The van der Waals surface area contributed by atoms with Crippen molar-refractivity contribution in [2.24, 2.45) is 7.05 Å². The lowest BCUT2D eigenvalue weighted by atomic mass is 10.00. The smallest absolute Gasteiger partial charge is 0.280 e. The fourth-order valence-electron chi connectivity index (χ4n) is 3.68. The predicted molar refractivity (Wildman–Crippen MR) is 112 cm³/mol. The second kappa shape index (κ2) is 7.09. The van der Waals surface area contributed by atoms with Gasteiger partial charge in [0.1, 0.15) is 5.39 Å². The molecule has 0 amide bonds. The number of rotatable bonds is 3. The van der Waals surface area contributed by atoms with E-state index in [1.165, 1.54) is 15.3 Å². The maximum Gasteiger partial charge on any atom is 0.332 e. The molecule has 7 nitrogen and oxygen atoms in total. The van der Waals surface area contributed by atoms with Crippen molar-refractivity contribution in [3.05, 3.63) is 85.9 Å². The topological polar surface area (TPSA) is 82.7 Å². The van der Waals surface area contributed by atoms with Crippen molar-refractivity contribution in [2.75, 3.05) is 0 Å². The molecule has 0 radical (unpaired) electrons. The molecular formula is C22H21N5O2. The van der Waals surface area contributed by atoms with E-state index in [-0.39, 0.29) is 12.1 Å². The standard InChI is InChI=1S/C22H21N5O2/c1-13-9-14(2)18(15(3)10-13)12-27-21(28)17-11-24-19(16-5-7-23-8-6-16)25-20(17)26(4)22(27)29/h5-11H,12H2,1-4H3. The Morgan fingerprint density at radius 3 is 2.31 bits per heavy atom. The summed E-state index contributed by atoms with van der Waals surface area (Å²) in [5.41, 5.74) is 4.54. The van der Waals surface area contributed by atoms with Gasteiger partial charge in [0.25, 0.3) is 5.56 Å². The van der Waals surface area contributed by atoms with Gasteiger partial charge in [-0.25, -0.2) is 14.8 Å². The summed E-state index contributed by atoms with van der Waals surface area (Å²) in [6, 6.07) is 7.68. The van der Waals surface area contributed by atoms with E-state index < -0.39 is 5.69 Å². The van der Waals surface area contributed by atoms with E-state index in [9.17, 15) is 9.59 Å². The van der Waals surface area contributed by atoms with Crippen LogP contribution >= 0.6 is 0 Å². The zero-order chi connectivity index (χ0) is 20.7. The largest absolute Gasteiger partial charge is 0.332 e. The van der Waals surface area contributed by atoms with E-state index in [2.05, 4.69) is 27.1 Å². The fraction of sp³-hybridized carbons (Fsp3) is 0.227. The molecule has 0 spiro atoms. The van der Waals surface area contributed by atoms with Crippen molar-refractivity contribution in [3.8, 4) is 11.4 Å². The van der Waals surface area contributed by atoms with Crippen LogP contribution in [0.2, 0.25) is 0 Å². The second-order valence-electron chi connectivity index (χ2n) is 7.28. The van der Waals surface area contributed by atoms with Gasteiger partial charge >= 0.3 is 5.69 Å². The van der Waals surface area contributed by atoms with Crippen molar-refractivity contribution >= 4 is 11.0 Å². The minimum Gasteiger partial charge on any atom is -0.280 e. The Morgan fingerprint density at radius 1 is 1.00 bits per heavy atom. The lowest BCUT2D eigenvalue weighted by Crippen LogP contribution is -2.40. The van der Waals surface area contributed by atoms with Crippen molar-refractivity contribution < 1.29 is 0 Å². The number of aryl methyl sites for hydroxylation is 4. The molecule has 0 aliphatic rings. The third-order valence-corrected chi connectivity index (χ3v) is 5.17. The van der Waals surface area contributed by atoms with Gasteiger partial charge in [-0.15, -0.1) is 0 Å². The highest BCUT2D eigenvalue weighted by Gasteiger charge is 2.16. The van der Waals surface area contributed by atoms with Crippen molar-refractivity contribution in [1.82, 2.24) is 24.1 Å². The number of hydrogen-bond acceptors (Lipinski definition) is 5. The molecule has 4 rings (SSSR count). The first kappa shape index (κ1) is 18.7. The van der Waals surface area contributed by atoms with Crippen LogP contribution in [0.5, 0.6) is 0 Å². The average molecular weight is 387 g/mol. The van der Waals surface area contributed by atoms with Gasteiger partial charge < -0.3 is 0 Å². The third kappa shape index (κ3) is 3.24. The number of benzene rings is 1. The highest BCUT2D eigenvalue weighted by molar-refractivity contribution is 5.75. The van der Waals surface area contributed by atoms with E-state index in [4.69, 9.17) is 0 Å². The molecule has 0 aliphatic heterocycles. The summed E-state index contributed by atoms with van der Waals surface area (Å²) >= 11 is 0. The Balaban J connectivity index is 1.90. The molecule has 3 heterocycles. The molecule has 0 N–H and O–H groups in total. The highest BCUT2D eigenvalue weighted by Crippen LogP contribution is 2.18. The Kier molecular flexibility index (Phi) is 4.58. The molecule has 1 aromatic carbocycles. The minimum atomic E-state index is -0.402. The van der Waals surface area contributed by atoms with Gasteiger partial charge in [0.2, 0.25) is 0 Å². The molecule has 0 unspecified atom stereocenters. The van der Waals surface area contributed by atoms with Crippen molar-refractivity contribution in [1.29, 1.82) is 0 Å². The second-order valence-corrected chi connectivity index (χ2v) is 7.28. The van der Waals surface area contributed by atoms with E-state index >= 15 is 0 Å². The van der Waals surface area contributed by atoms with Crippen LogP contribution < -0.4 is 11.2 Å². The summed E-state index contributed by atoms with van der Waals surface area (Å²) in [6.07, 6.45) is 4.78. The van der Waals surface area contributed by atoms with Gasteiger partial charge in [-0.1, -0.05) is 17.7 Å². The molecule has 0 fully saturated rings. The van der Waals surface area contributed by atoms with Crippen LogP contribution in [-0.4, -0.2) is 24.1 Å². The SMILES string of the molecule is Cc1cc(C)c(Cn2c(=O)c3cnc(-c4ccncc4)nc3n(C)c2=O)c(C)c1. The zero-order valence-electron chi connectivity index (χ0n) is 16.8. The lowest BCUT2D eigenvalue weighted by molar-refractivity contribution is 0.652. The molecule has 146 valence electrons. The van der Waals surface area contributed by atoms with Crippen LogP contribution in [0.4, 0.5) is 0 Å². The molecular weight excluding hydrogens is 366 g/mol. The number of nitrogens with zero attached hydrogens (tertiary/aromatic N) is 5. The maximum absolute atomic E-state index is 13.1. The predicted octanol–water partition coefficient (Wildman–Crippen LogP) is 2.53. The van der Waals surface area contributed by atoms with Gasteiger partial charge in [-0.3, -0.25) is 18.9 Å². The summed E-state index contributed by atoms with van der Waals surface area (Å²) in [5.74, 6) is 0.442. The minimum absolute atomic E-state index is 0.214. The molecule has 4 aromatic rings. The van der Waals surface area contributed by atoms with E-state index in [0.29, 0.717) is 16.9 Å². The summed E-state index contributed by atoms with van der Waals surface area (Å²) in [4.78, 5) is 38.9. The molecule has 3 aromatic heterocycles. The first-order valence-electron chi connectivity index (χ1n) is 9.30. The first-order valence-corrected chi connectivity index (χ1v) is 9.30. The third-order valence-electron chi connectivity index (χ3n) is 5.17. The van der Waals surface area contributed by atoms with Crippen LogP contribution in [0.15, 0.2) is 52.4 Å². The van der Waals surface area contributed by atoms with Crippen LogP contribution in [0, 0.1) is 20.8 Å². The molecule has 29 heavy (non-hydrogen) atoms. The number of hydrogen-bond donors (Lipinski definition) is 0. The van der Waals surface area contributed by atoms with Crippen LogP contribution in [0.25, 0.3) is 22.4 Å².